The van der Waals surface area contributed by atoms with Crippen molar-refractivity contribution in [2.24, 2.45) is 5.92 Å². The van der Waals surface area contributed by atoms with Crippen molar-refractivity contribution >= 4 is 14.3 Å². The van der Waals surface area contributed by atoms with Crippen molar-refractivity contribution in [1.82, 2.24) is 0 Å². The van der Waals surface area contributed by atoms with E-state index in [0.717, 1.165) is 11.3 Å². The Morgan fingerprint density at radius 2 is 1.65 bits per heavy atom. The van der Waals surface area contributed by atoms with Gasteiger partial charge in [0.15, 0.2) is 14.1 Å². The smallest absolute Gasteiger partial charge is 0.338 e. The fourth-order valence-electron chi connectivity index (χ4n) is 4.65. The SMILES string of the molecule is COc1ccc(COCC[C@@H]2OC(C)(C)O[C@@H]2C(/C=C\[C@@H](C)C(C)O[Si](C)(C)C(C)(C)C)OC(=O)c2ccccc2)cc1. The minimum absolute atomic E-state index is 0.00181. The fraction of sp³-hybridized carbons (Fsp3) is 0.571. The average molecular weight is 613 g/mol. The van der Waals surface area contributed by atoms with Crippen LogP contribution in [0.2, 0.25) is 18.1 Å². The molecule has 5 atom stereocenters. The predicted octanol–water partition coefficient (Wildman–Crippen LogP) is 7.95. The number of carbonyl (C=O) groups excluding carboxylic acids is 1. The highest BCUT2D eigenvalue weighted by atomic mass is 28.4. The van der Waals surface area contributed by atoms with E-state index in [0.29, 0.717) is 25.2 Å². The maximum Gasteiger partial charge on any atom is 0.338 e. The first-order chi connectivity index (χ1) is 20.1. The van der Waals surface area contributed by atoms with Crippen molar-refractivity contribution in [2.45, 2.75) is 110 Å². The second-order valence-electron chi connectivity index (χ2n) is 13.4. The topological polar surface area (TPSA) is 72.5 Å². The Bertz CT molecular complexity index is 1170. The van der Waals surface area contributed by atoms with Crippen LogP contribution in [0.3, 0.4) is 0 Å². The summed E-state index contributed by atoms with van der Waals surface area (Å²) in [6.07, 6.45) is 3.10. The molecule has 238 valence electrons. The van der Waals surface area contributed by atoms with Gasteiger partial charge in [-0.15, -0.1) is 0 Å². The number of carbonyl (C=O) groups is 1. The minimum atomic E-state index is -1.95. The Balaban J connectivity index is 1.74. The van der Waals surface area contributed by atoms with Gasteiger partial charge in [-0.05, 0) is 87.1 Å². The number of benzene rings is 2. The van der Waals surface area contributed by atoms with Gasteiger partial charge in [-0.1, -0.05) is 64.1 Å². The molecule has 0 bridgehead atoms. The van der Waals surface area contributed by atoms with E-state index in [1.165, 1.54) is 0 Å². The molecule has 2 unspecified atom stereocenters. The molecule has 0 amide bonds. The Kier molecular flexibility index (Phi) is 12.2. The lowest BCUT2D eigenvalue weighted by Gasteiger charge is -2.39. The van der Waals surface area contributed by atoms with E-state index in [-0.39, 0.29) is 23.2 Å². The molecule has 1 fully saturated rings. The van der Waals surface area contributed by atoms with E-state index in [1.54, 1.807) is 19.2 Å². The van der Waals surface area contributed by atoms with Gasteiger partial charge in [0.05, 0.1) is 25.4 Å². The summed E-state index contributed by atoms with van der Waals surface area (Å²) in [5, 5.41) is 0.113. The maximum atomic E-state index is 13.2. The van der Waals surface area contributed by atoms with Gasteiger partial charge in [-0.2, -0.15) is 0 Å². The summed E-state index contributed by atoms with van der Waals surface area (Å²) in [6.45, 7) is 20.2. The quantitative estimate of drug-likeness (QED) is 0.0928. The molecule has 0 aromatic heterocycles. The lowest BCUT2D eigenvalue weighted by molar-refractivity contribution is -0.153. The van der Waals surface area contributed by atoms with Gasteiger partial charge in [-0.25, -0.2) is 4.79 Å². The van der Waals surface area contributed by atoms with E-state index in [1.807, 2.05) is 62.4 Å². The van der Waals surface area contributed by atoms with Crippen molar-refractivity contribution in [1.29, 1.82) is 0 Å². The fourth-order valence-corrected chi connectivity index (χ4v) is 6.15. The first-order valence-corrected chi connectivity index (χ1v) is 18.2. The highest BCUT2D eigenvalue weighted by Gasteiger charge is 2.46. The van der Waals surface area contributed by atoms with Crippen molar-refractivity contribution in [3.63, 3.8) is 0 Å². The number of hydrogen-bond acceptors (Lipinski definition) is 7. The second-order valence-corrected chi connectivity index (χ2v) is 18.1. The van der Waals surface area contributed by atoms with E-state index < -0.39 is 32.3 Å². The molecular formula is C35H52O7Si. The van der Waals surface area contributed by atoms with Crippen LogP contribution in [0.25, 0.3) is 0 Å². The summed E-state index contributed by atoms with van der Waals surface area (Å²) in [6, 6.07) is 16.8. The Hall–Kier alpha value is -2.49. The number of rotatable bonds is 14. The van der Waals surface area contributed by atoms with Gasteiger partial charge in [0.25, 0.3) is 0 Å². The third kappa shape index (κ3) is 10.3. The number of esters is 1. The van der Waals surface area contributed by atoms with Crippen molar-refractivity contribution in [3.05, 3.63) is 77.9 Å². The lowest BCUT2D eigenvalue weighted by atomic mass is 10.0. The van der Waals surface area contributed by atoms with Crippen LogP contribution >= 0.6 is 0 Å². The molecule has 1 aliphatic heterocycles. The van der Waals surface area contributed by atoms with Gasteiger partial charge in [0, 0.05) is 12.7 Å². The van der Waals surface area contributed by atoms with Gasteiger partial charge < -0.3 is 28.1 Å². The van der Waals surface area contributed by atoms with Gasteiger partial charge in [0.2, 0.25) is 0 Å². The molecule has 43 heavy (non-hydrogen) atoms. The third-order valence-corrected chi connectivity index (χ3v) is 13.0. The minimum Gasteiger partial charge on any atom is -0.497 e. The van der Waals surface area contributed by atoms with Crippen LogP contribution in [-0.4, -0.2) is 58.2 Å². The van der Waals surface area contributed by atoms with E-state index in [2.05, 4.69) is 53.8 Å². The number of hydrogen-bond donors (Lipinski definition) is 0. The molecule has 7 nitrogen and oxygen atoms in total. The van der Waals surface area contributed by atoms with E-state index in [9.17, 15) is 4.79 Å². The first-order valence-electron chi connectivity index (χ1n) is 15.3. The lowest BCUT2D eigenvalue weighted by Crippen LogP contribution is -2.44. The number of methoxy groups -OCH3 is 1. The average Bonchev–Trinajstić information content (AvgIpc) is 3.26. The summed E-state index contributed by atoms with van der Waals surface area (Å²) in [7, 11) is -0.295. The third-order valence-electron chi connectivity index (χ3n) is 8.40. The molecule has 3 rings (SSSR count). The van der Waals surface area contributed by atoms with Crippen molar-refractivity contribution in [3.8, 4) is 5.75 Å². The number of ether oxygens (including phenoxy) is 5. The maximum absolute atomic E-state index is 13.2. The summed E-state index contributed by atoms with van der Waals surface area (Å²) in [4.78, 5) is 13.2. The van der Waals surface area contributed by atoms with Crippen LogP contribution in [-0.2, 0) is 30.0 Å². The molecule has 1 aliphatic rings. The monoisotopic (exact) mass is 612 g/mol. The Morgan fingerprint density at radius 1 is 1.00 bits per heavy atom. The normalized spacial score (nSPS) is 21.0. The molecule has 0 saturated carbocycles. The summed E-state index contributed by atoms with van der Waals surface area (Å²) >= 11 is 0. The largest absolute Gasteiger partial charge is 0.497 e. The highest BCUT2D eigenvalue weighted by Crippen LogP contribution is 2.38. The zero-order chi connectivity index (χ0) is 31.8. The first kappa shape index (κ1) is 35.0. The summed E-state index contributed by atoms with van der Waals surface area (Å²) in [5.74, 6) is -0.337. The van der Waals surface area contributed by atoms with Crippen molar-refractivity contribution < 1.29 is 32.9 Å². The summed E-state index contributed by atoms with van der Waals surface area (Å²) in [5.41, 5.74) is 1.54. The van der Waals surface area contributed by atoms with Gasteiger partial charge in [0.1, 0.15) is 18.0 Å². The van der Waals surface area contributed by atoms with E-state index in [4.69, 9.17) is 28.1 Å². The molecule has 1 heterocycles. The molecule has 8 heteroatoms. The van der Waals surface area contributed by atoms with Gasteiger partial charge in [-0.3, -0.25) is 0 Å². The van der Waals surface area contributed by atoms with Crippen LogP contribution in [0.1, 0.15) is 70.8 Å². The van der Waals surface area contributed by atoms with Crippen LogP contribution in [0.4, 0.5) is 0 Å². The predicted molar refractivity (Wildman–Crippen MR) is 173 cm³/mol. The van der Waals surface area contributed by atoms with Crippen LogP contribution in [0.5, 0.6) is 5.75 Å². The zero-order valence-corrected chi connectivity index (χ0v) is 28.7. The second kappa shape index (κ2) is 15.0. The molecule has 1 saturated heterocycles. The highest BCUT2D eigenvalue weighted by molar-refractivity contribution is 6.74. The molecular weight excluding hydrogens is 560 g/mol. The summed E-state index contributed by atoms with van der Waals surface area (Å²) < 4.78 is 36.7. The zero-order valence-electron chi connectivity index (χ0n) is 27.7. The molecule has 0 radical (unpaired) electrons. The molecule has 0 spiro atoms. The van der Waals surface area contributed by atoms with Crippen LogP contribution in [0.15, 0.2) is 66.7 Å². The molecule has 2 aromatic carbocycles. The van der Waals surface area contributed by atoms with Gasteiger partial charge >= 0.3 is 5.97 Å². The molecule has 2 aromatic rings. The van der Waals surface area contributed by atoms with Crippen LogP contribution < -0.4 is 4.74 Å². The Labute approximate surface area is 260 Å². The van der Waals surface area contributed by atoms with Crippen LogP contribution in [0, 0.1) is 5.92 Å². The Morgan fingerprint density at radius 3 is 2.26 bits per heavy atom. The van der Waals surface area contributed by atoms with E-state index >= 15 is 0 Å². The molecule has 0 aliphatic carbocycles. The van der Waals surface area contributed by atoms with Crippen molar-refractivity contribution in [2.75, 3.05) is 13.7 Å². The standard InChI is InChI=1S/C35H52O7Si/c1-25(26(2)42-43(9,10)34(3,4)5)16-21-30(39-33(36)28-14-12-11-13-15-28)32-31(40-35(6,7)41-32)22-23-38-24-27-17-19-29(37-8)20-18-27/h11-21,25-26,30-32H,22-24H2,1-10H3/b21-16-/t25-,26?,30?,31+,32-/m1/s1. The molecule has 0 N–H and O–H groups in total.